The number of rotatable bonds is 4. The van der Waals surface area contributed by atoms with Crippen molar-refractivity contribution < 1.29 is 4.39 Å². The molecular formula is C15H21BrFNS2. The van der Waals surface area contributed by atoms with Gasteiger partial charge in [0.1, 0.15) is 5.82 Å². The van der Waals surface area contributed by atoms with Crippen molar-refractivity contribution in [1.29, 1.82) is 0 Å². The van der Waals surface area contributed by atoms with Gasteiger partial charge < -0.3 is 5.32 Å². The summed E-state index contributed by atoms with van der Waals surface area (Å²) in [6.07, 6.45) is 0.855. The van der Waals surface area contributed by atoms with Crippen molar-refractivity contribution in [2.75, 3.05) is 12.8 Å². The molecule has 0 aliphatic carbocycles. The van der Waals surface area contributed by atoms with E-state index in [-0.39, 0.29) is 5.82 Å². The first-order chi connectivity index (χ1) is 9.52. The normalized spacial score (nSPS) is 28.4. The predicted octanol–water partition coefficient (Wildman–Crippen LogP) is 4.34. The van der Waals surface area contributed by atoms with Gasteiger partial charge in [-0.05, 0) is 41.0 Å². The second kappa shape index (κ2) is 7.52. The van der Waals surface area contributed by atoms with Gasteiger partial charge in [-0.2, -0.15) is 23.5 Å². The number of hydrogen-bond acceptors (Lipinski definition) is 3. The minimum atomic E-state index is -0.176. The van der Waals surface area contributed by atoms with Crippen LogP contribution in [0.25, 0.3) is 0 Å². The molecule has 20 heavy (non-hydrogen) atoms. The standard InChI is InChI=1S/C15H21BrFNS2/c1-9-10(2)20-14(8-19-9)13(18-3)7-11-5-4-6-12(17)15(11)16/h4-6,9-10,13-14,18H,7-8H2,1-3H3. The van der Waals surface area contributed by atoms with Crippen LogP contribution in [0, 0.1) is 5.82 Å². The average molecular weight is 378 g/mol. The molecule has 0 radical (unpaired) electrons. The van der Waals surface area contributed by atoms with Gasteiger partial charge in [-0.25, -0.2) is 4.39 Å². The van der Waals surface area contributed by atoms with Gasteiger partial charge in [0.15, 0.2) is 0 Å². The second-order valence-electron chi connectivity index (χ2n) is 5.23. The first kappa shape index (κ1) is 16.7. The maximum absolute atomic E-state index is 13.6. The summed E-state index contributed by atoms with van der Waals surface area (Å²) in [6, 6.07) is 5.66. The summed E-state index contributed by atoms with van der Waals surface area (Å²) in [6.45, 7) is 4.61. The predicted molar refractivity (Wildman–Crippen MR) is 93.4 cm³/mol. The molecular weight excluding hydrogens is 357 g/mol. The molecule has 1 aromatic rings. The molecule has 1 aromatic carbocycles. The molecule has 5 heteroatoms. The summed E-state index contributed by atoms with van der Waals surface area (Å²) in [7, 11) is 2.01. The van der Waals surface area contributed by atoms with E-state index in [1.807, 2.05) is 24.9 Å². The van der Waals surface area contributed by atoms with Gasteiger partial charge in [-0.1, -0.05) is 26.0 Å². The lowest BCUT2D eigenvalue weighted by Crippen LogP contribution is -2.43. The number of hydrogen-bond donors (Lipinski definition) is 1. The van der Waals surface area contributed by atoms with Gasteiger partial charge in [0.05, 0.1) is 4.47 Å². The maximum atomic E-state index is 13.6. The third-order valence-corrected chi connectivity index (χ3v) is 8.30. The van der Waals surface area contributed by atoms with Gasteiger partial charge in [0.25, 0.3) is 0 Å². The minimum absolute atomic E-state index is 0.176. The van der Waals surface area contributed by atoms with Crippen LogP contribution in [0.3, 0.4) is 0 Å². The molecule has 1 saturated heterocycles. The highest BCUT2D eigenvalue weighted by Gasteiger charge is 2.31. The smallest absolute Gasteiger partial charge is 0.137 e. The van der Waals surface area contributed by atoms with Crippen molar-refractivity contribution in [2.24, 2.45) is 0 Å². The lowest BCUT2D eigenvalue weighted by Gasteiger charge is -2.36. The number of thioether (sulfide) groups is 2. The second-order valence-corrected chi connectivity index (χ2v) is 9.05. The molecule has 0 saturated carbocycles. The summed E-state index contributed by atoms with van der Waals surface area (Å²) in [5.74, 6) is 0.985. The van der Waals surface area contributed by atoms with E-state index in [4.69, 9.17) is 0 Å². The van der Waals surface area contributed by atoms with E-state index < -0.39 is 0 Å². The van der Waals surface area contributed by atoms with Crippen LogP contribution in [0.4, 0.5) is 4.39 Å². The van der Waals surface area contributed by atoms with Crippen LogP contribution in [0.15, 0.2) is 22.7 Å². The quantitative estimate of drug-likeness (QED) is 0.837. The van der Waals surface area contributed by atoms with Crippen LogP contribution >= 0.6 is 39.5 Å². The molecule has 1 nitrogen and oxygen atoms in total. The Labute approximate surface area is 138 Å². The fraction of sp³-hybridized carbons (Fsp3) is 0.600. The van der Waals surface area contributed by atoms with Crippen molar-refractivity contribution in [2.45, 2.75) is 42.1 Å². The summed E-state index contributed by atoms with van der Waals surface area (Å²) in [5.41, 5.74) is 1.04. The molecule has 1 N–H and O–H groups in total. The topological polar surface area (TPSA) is 12.0 Å². The molecule has 4 unspecified atom stereocenters. The van der Waals surface area contributed by atoms with E-state index in [0.29, 0.717) is 21.0 Å². The fourth-order valence-corrected chi connectivity index (χ4v) is 5.98. The van der Waals surface area contributed by atoms with E-state index in [1.54, 1.807) is 6.07 Å². The van der Waals surface area contributed by atoms with E-state index in [0.717, 1.165) is 23.0 Å². The number of halogens is 2. The highest BCUT2D eigenvalue weighted by Crippen LogP contribution is 2.38. The van der Waals surface area contributed by atoms with Crippen LogP contribution in [-0.2, 0) is 6.42 Å². The molecule has 2 rings (SSSR count). The summed E-state index contributed by atoms with van der Waals surface area (Å²) >= 11 is 7.48. The van der Waals surface area contributed by atoms with Gasteiger partial charge in [-0.15, -0.1) is 0 Å². The summed E-state index contributed by atoms with van der Waals surface area (Å²) < 4.78 is 14.2. The lowest BCUT2D eigenvalue weighted by atomic mass is 10.0. The summed E-state index contributed by atoms with van der Waals surface area (Å²) in [4.78, 5) is 0. The van der Waals surface area contributed by atoms with E-state index >= 15 is 0 Å². The van der Waals surface area contributed by atoms with E-state index in [1.165, 1.54) is 6.07 Å². The average Bonchev–Trinajstić information content (AvgIpc) is 2.44. The molecule has 1 aliphatic heterocycles. The molecule has 0 amide bonds. The molecule has 4 atom stereocenters. The van der Waals surface area contributed by atoms with E-state index in [9.17, 15) is 4.39 Å². The zero-order valence-corrected chi connectivity index (χ0v) is 15.2. The summed E-state index contributed by atoms with van der Waals surface area (Å²) in [5, 5.41) is 5.39. The monoisotopic (exact) mass is 377 g/mol. The Hall–Kier alpha value is 0.290. The Balaban J connectivity index is 2.07. The SMILES string of the molecule is CNC(Cc1cccc(F)c1Br)C1CSC(C)C(C)S1. The molecule has 0 spiro atoms. The Morgan fingerprint density at radius 3 is 2.80 bits per heavy atom. The molecule has 1 heterocycles. The Bertz CT molecular complexity index is 457. The van der Waals surface area contributed by atoms with Gasteiger partial charge in [0, 0.05) is 27.5 Å². The molecule has 1 aliphatic rings. The molecule has 112 valence electrons. The number of likely N-dealkylation sites (N-methyl/N-ethyl adjacent to an activating group) is 1. The zero-order chi connectivity index (χ0) is 14.7. The Morgan fingerprint density at radius 1 is 1.40 bits per heavy atom. The largest absolute Gasteiger partial charge is 0.316 e. The van der Waals surface area contributed by atoms with Gasteiger partial charge in [-0.3, -0.25) is 0 Å². The highest BCUT2D eigenvalue weighted by atomic mass is 79.9. The molecule has 0 aromatic heterocycles. The highest BCUT2D eigenvalue weighted by molar-refractivity contribution is 9.10. The van der Waals surface area contributed by atoms with Gasteiger partial charge >= 0.3 is 0 Å². The van der Waals surface area contributed by atoms with Crippen molar-refractivity contribution in [3.63, 3.8) is 0 Å². The maximum Gasteiger partial charge on any atom is 0.137 e. The van der Waals surface area contributed by atoms with Crippen LogP contribution in [-0.4, -0.2) is 34.6 Å². The Morgan fingerprint density at radius 2 is 2.15 bits per heavy atom. The number of benzene rings is 1. The zero-order valence-electron chi connectivity index (χ0n) is 12.0. The van der Waals surface area contributed by atoms with Crippen molar-refractivity contribution in [3.05, 3.63) is 34.1 Å². The van der Waals surface area contributed by atoms with Crippen molar-refractivity contribution >= 4 is 39.5 Å². The number of nitrogens with one attached hydrogen (secondary N) is 1. The lowest BCUT2D eigenvalue weighted by molar-refractivity contribution is 0.548. The van der Waals surface area contributed by atoms with Crippen LogP contribution in [0.5, 0.6) is 0 Å². The van der Waals surface area contributed by atoms with Crippen molar-refractivity contribution in [3.8, 4) is 0 Å². The van der Waals surface area contributed by atoms with Gasteiger partial charge in [0.2, 0.25) is 0 Å². The fourth-order valence-electron chi connectivity index (χ4n) is 2.38. The third kappa shape index (κ3) is 3.93. The van der Waals surface area contributed by atoms with Crippen molar-refractivity contribution in [1.82, 2.24) is 5.32 Å². The Kier molecular flexibility index (Phi) is 6.26. The molecule has 0 bridgehead atoms. The van der Waals surface area contributed by atoms with Crippen LogP contribution in [0.1, 0.15) is 19.4 Å². The third-order valence-electron chi connectivity index (χ3n) is 3.86. The minimum Gasteiger partial charge on any atom is -0.316 e. The van der Waals surface area contributed by atoms with E-state index in [2.05, 4.69) is 46.9 Å². The first-order valence-corrected chi connectivity index (χ1v) is 9.68. The van der Waals surface area contributed by atoms with Crippen LogP contribution in [0.2, 0.25) is 0 Å². The first-order valence-electron chi connectivity index (χ1n) is 6.90. The molecule has 1 fully saturated rings. The van der Waals surface area contributed by atoms with Crippen LogP contribution < -0.4 is 5.32 Å².